The van der Waals surface area contributed by atoms with Crippen LogP contribution in [-0.2, 0) is 38.1 Å². The molecular formula is C55H57ClF4N8O5. The molecule has 5 aliphatic heterocycles. The number of halogens is 5. The number of rotatable bonds is 7. The Labute approximate surface area is 425 Å². The summed E-state index contributed by atoms with van der Waals surface area (Å²) in [6, 6.07) is 13.5. The Bertz CT molecular complexity index is 3060. The van der Waals surface area contributed by atoms with Crippen molar-refractivity contribution in [3.05, 3.63) is 122 Å². The lowest BCUT2D eigenvalue weighted by molar-refractivity contribution is -0.141. The van der Waals surface area contributed by atoms with E-state index in [1.807, 2.05) is 31.7 Å². The van der Waals surface area contributed by atoms with Crippen LogP contribution in [0.5, 0.6) is 0 Å². The molecule has 6 atom stereocenters. The highest BCUT2D eigenvalue weighted by Crippen LogP contribution is 2.60. The molecule has 382 valence electrons. The van der Waals surface area contributed by atoms with Crippen molar-refractivity contribution in [2.24, 2.45) is 22.5 Å². The fraction of sp³-hybridized carbons (Fsp3) is 0.455. The van der Waals surface area contributed by atoms with Gasteiger partial charge in [0.05, 0.1) is 11.1 Å². The van der Waals surface area contributed by atoms with E-state index in [2.05, 4.69) is 38.1 Å². The highest BCUT2D eigenvalue weighted by atomic mass is 35.5. The summed E-state index contributed by atoms with van der Waals surface area (Å²) in [5.41, 5.74) is 7.05. The Morgan fingerprint density at radius 1 is 1.00 bits per heavy atom. The van der Waals surface area contributed by atoms with Gasteiger partial charge >= 0.3 is 6.18 Å². The number of pyridine rings is 1. The third kappa shape index (κ3) is 9.03. The van der Waals surface area contributed by atoms with E-state index in [1.165, 1.54) is 17.2 Å². The zero-order chi connectivity index (χ0) is 52.2. The molecule has 13 nitrogen and oxygen atoms in total. The van der Waals surface area contributed by atoms with Crippen molar-refractivity contribution in [3.63, 3.8) is 0 Å². The Morgan fingerprint density at radius 2 is 1.74 bits per heavy atom. The molecule has 1 aromatic heterocycles. The van der Waals surface area contributed by atoms with E-state index in [4.69, 9.17) is 17.3 Å². The summed E-state index contributed by atoms with van der Waals surface area (Å²) < 4.78 is 58.3. The average Bonchev–Trinajstić information content (AvgIpc) is 3.53. The van der Waals surface area contributed by atoms with Crippen LogP contribution in [0.15, 0.2) is 66.9 Å². The maximum Gasteiger partial charge on any atom is 0.433 e. The Morgan fingerprint density at radius 3 is 2.44 bits per heavy atom. The van der Waals surface area contributed by atoms with Crippen LogP contribution in [0.2, 0.25) is 5.02 Å². The second-order valence-corrected chi connectivity index (χ2v) is 22.9. The van der Waals surface area contributed by atoms with Gasteiger partial charge in [-0.15, -0.1) is 0 Å². The second kappa shape index (κ2) is 17.9. The van der Waals surface area contributed by atoms with Gasteiger partial charge < -0.3 is 31.5 Å². The largest absolute Gasteiger partial charge is 0.433 e. The van der Waals surface area contributed by atoms with E-state index in [0.717, 1.165) is 36.5 Å². The number of nitrogens with zero attached hydrogens (tertiary/aromatic N) is 3. The van der Waals surface area contributed by atoms with Crippen LogP contribution in [0.4, 0.5) is 28.9 Å². The molecule has 6 aliphatic rings. The topological polar surface area (TPSA) is 179 Å². The Kier molecular flexibility index (Phi) is 12.3. The van der Waals surface area contributed by atoms with Gasteiger partial charge in [0.1, 0.15) is 17.6 Å². The molecule has 18 heteroatoms. The number of carbonyl (C=O) groups is 5. The van der Waals surface area contributed by atoms with Gasteiger partial charge in [0, 0.05) is 101 Å². The number of hydrogen-bond acceptors (Lipinski definition) is 9. The highest BCUT2D eigenvalue weighted by Gasteiger charge is 2.62. The minimum Gasteiger partial charge on any atom is -0.384 e. The van der Waals surface area contributed by atoms with E-state index in [-0.39, 0.29) is 76.7 Å². The SMILES string of the molecule is CC(C)(C)C[C@@H]1N[C@@H](C(=O)Nc2ccc(C(=O)N3CCC4(CC3)C[C@@H]4C#Cc3cccc4c3CN(C3CCC(=O)NC3=O)C4=O)cc2C(C)(C)N)[C@H](c2cccc(Cl)c2F)[C@]12CNc1cc(C(F)(F)F)ncc12. The molecule has 4 aromatic rings. The number of likely N-dealkylation sites (tertiary alicyclic amines) is 1. The Balaban J connectivity index is 0.865. The van der Waals surface area contributed by atoms with Gasteiger partial charge in [0.15, 0.2) is 0 Å². The molecule has 1 unspecified atom stereocenters. The lowest BCUT2D eigenvalue weighted by atomic mass is 9.63. The number of benzene rings is 3. The number of imide groups is 1. The number of nitrogens with two attached hydrogens (primary N) is 1. The van der Waals surface area contributed by atoms with Gasteiger partial charge in [-0.05, 0) is 116 Å². The number of fused-ring (bicyclic) bond motifs is 3. The summed E-state index contributed by atoms with van der Waals surface area (Å²) in [7, 11) is 0. The van der Waals surface area contributed by atoms with Crippen molar-refractivity contribution in [1.82, 2.24) is 25.4 Å². The first-order valence-corrected chi connectivity index (χ1v) is 25.1. The smallest absolute Gasteiger partial charge is 0.384 e. The van der Waals surface area contributed by atoms with Crippen LogP contribution in [0.3, 0.4) is 0 Å². The quantitative estimate of drug-likeness (QED) is 0.0697. The molecule has 6 heterocycles. The first-order valence-electron chi connectivity index (χ1n) is 24.7. The minimum atomic E-state index is -4.71. The van der Waals surface area contributed by atoms with Crippen molar-refractivity contribution in [2.75, 3.05) is 30.3 Å². The number of nitrogens with one attached hydrogen (secondary N) is 4. The molecule has 3 aromatic carbocycles. The summed E-state index contributed by atoms with van der Waals surface area (Å²) >= 11 is 6.41. The molecule has 73 heavy (non-hydrogen) atoms. The first-order chi connectivity index (χ1) is 34.4. The normalized spacial score (nSPS) is 25.2. The fourth-order valence-corrected chi connectivity index (χ4v) is 12.3. The van der Waals surface area contributed by atoms with E-state index in [0.29, 0.717) is 47.5 Å². The van der Waals surface area contributed by atoms with Crippen LogP contribution < -0.4 is 27.0 Å². The van der Waals surface area contributed by atoms with Crippen LogP contribution in [0, 0.1) is 34.4 Å². The lowest BCUT2D eigenvalue weighted by Gasteiger charge is -2.39. The number of aromatic nitrogens is 1. The number of amides is 5. The monoisotopic (exact) mass is 1020 g/mol. The molecule has 4 fully saturated rings. The maximum absolute atomic E-state index is 16.4. The molecule has 3 saturated heterocycles. The van der Waals surface area contributed by atoms with Crippen molar-refractivity contribution in [2.45, 2.75) is 121 Å². The van der Waals surface area contributed by atoms with Gasteiger partial charge in [-0.3, -0.25) is 34.3 Å². The predicted molar refractivity (Wildman–Crippen MR) is 266 cm³/mol. The van der Waals surface area contributed by atoms with Gasteiger partial charge in [-0.1, -0.05) is 62.4 Å². The third-order valence-electron chi connectivity index (χ3n) is 16.0. The fourth-order valence-electron chi connectivity index (χ4n) is 12.2. The van der Waals surface area contributed by atoms with Crippen molar-refractivity contribution >= 4 is 52.5 Å². The summed E-state index contributed by atoms with van der Waals surface area (Å²) in [6.45, 7) is 10.9. The van der Waals surface area contributed by atoms with Gasteiger partial charge in [-0.25, -0.2) is 4.39 Å². The molecule has 10 rings (SSSR count). The van der Waals surface area contributed by atoms with Crippen LogP contribution in [0.25, 0.3) is 0 Å². The molecule has 0 radical (unpaired) electrons. The minimum absolute atomic E-state index is 0.0430. The molecule has 0 bridgehead atoms. The average molecular weight is 1020 g/mol. The van der Waals surface area contributed by atoms with Crippen molar-refractivity contribution < 1.29 is 41.5 Å². The molecule has 1 aliphatic carbocycles. The first kappa shape index (κ1) is 50.2. The highest BCUT2D eigenvalue weighted by molar-refractivity contribution is 6.30. The number of hydrogen-bond donors (Lipinski definition) is 5. The summed E-state index contributed by atoms with van der Waals surface area (Å²) in [4.78, 5) is 74.1. The standard InChI is InChI=1S/C55H57ClF4N8O5/c1-51(2,3)25-42-54(28-63-39-23-41(55(58,59)60)62-26-36(39)54)44(33-10-7-11-37(56)45(33)57)46(65-42)48(71)64-38-15-13-30(22-35(38)52(4,5)61)49(72)67-20-18-53(19-21-67)24-31(53)14-12-29-8-6-9-32-34(29)27-68(50(32)73)40-16-17-43(69)66-47(40)70/h6-11,13,15,22-23,26,31,40,42,44,46,63,65H,16-21,24-25,27-28,61H2,1-5H3,(H,64,71)(H,66,69,70)/t31-,40?,42-,44-,46+,54-/m0/s1. The van der Waals surface area contributed by atoms with Crippen LogP contribution in [-0.4, -0.2) is 82.1 Å². The second-order valence-electron chi connectivity index (χ2n) is 22.5. The summed E-state index contributed by atoms with van der Waals surface area (Å²) in [6.07, 6.45) is -0.239. The summed E-state index contributed by atoms with van der Waals surface area (Å²) in [5, 5.41) is 11.9. The molecule has 6 N–H and O–H groups in total. The maximum atomic E-state index is 16.4. The van der Waals surface area contributed by atoms with E-state index in [9.17, 15) is 37.1 Å². The Hall–Kier alpha value is -6.35. The van der Waals surface area contributed by atoms with Gasteiger partial charge in [0.2, 0.25) is 17.7 Å². The van der Waals surface area contributed by atoms with E-state index in [1.54, 1.807) is 56.3 Å². The zero-order valence-corrected chi connectivity index (χ0v) is 41.9. The molecule has 1 saturated carbocycles. The van der Waals surface area contributed by atoms with Crippen LogP contribution >= 0.6 is 11.6 Å². The van der Waals surface area contributed by atoms with Crippen molar-refractivity contribution in [1.29, 1.82) is 0 Å². The number of anilines is 2. The number of carbonyl (C=O) groups excluding carboxylic acids is 5. The van der Waals surface area contributed by atoms with Crippen LogP contribution in [0.1, 0.15) is 133 Å². The zero-order valence-electron chi connectivity index (χ0n) is 41.2. The number of piperidine rings is 2. The van der Waals surface area contributed by atoms with E-state index < -0.39 is 64.5 Å². The van der Waals surface area contributed by atoms with E-state index >= 15 is 4.39 Å². The summed E-state index contributed by atoms with van der Waals surface area (Å²) in [5.74, 6) is 3.38. The predicted octanol–water partition coefficient (Wildman–Crippen LogP) is 8.00. The van der Waals surface area contributed by atoms with Gasteiger partial charge in [0.25, 0.3) is 11.8 Å². The van der Waals surface area contributed by atoms with Gasteiger partial charge in [-0.2, -0.15) is 13.2 Å². The number of alkyl halides is 3. The molecule has 5 amide bonds. The molecule has 2 spiro atoms. The lowest BCUT2D eigenvalue weighted by Crippen LogP contribution is -2.52. The van der Waals surface area contributed by atoms with Crippen molar-refractivity contribution in [3.8, 4) is 11.8 Å². The molecular weight excluding hydrogens is 964 g/mol. The third-order valence-corrected chi connectivity index (χ3v) is 16.3.